The fourth-order valence-corrected chi connectivity index (χ4v) is 0.0898. The first-order valence-corrected chi connectivity index (χ1v) is 1.45. The average molecular weight is 75.1 g/mol. The maximum absolute atomic E-state index is 6.27. The van der Waals surface area contributed by atoms with E-state index in [-0.39, 0.29) is 0 Å². The molecule has 0 rings (SSSR count). The van der Waals surface area contributed by atoms with Crippen molar-refractivity contribution in [3.63, 3.8) is 0 Å². The van der Waals surface area contributed by atoms with Gasteiger partial charge in [0.25, 0.3) is 0 Å². The third kappa shape index (κ3) is 2.86. The molecule has 0 saturated carbocycles. The third-order valence-corrected chi connectivity index (χ3v) is 0.263. The molecule has 0 bridgehead atoms. The van der Waals surface area contributed by atoms with E-state index in [1.807, 2.05) is 5.92 Å². The molecule has 0 N–H and O–H groups in total. The molecule has 0 atom stereocenters. The lowest BCUT2D eigenvalue weighted by Crippen LogP contribution is -1.40. The van der Waals surface area contributed by atoms with E-state index in [4.69, 9.17) is 12.8 Å². The molecule has 0 aromatic rings. The zero-order chi connectivity index (χ0) is 4.83. The lowest BCUT2D eigenvalue weighted by Gasteiger charge is -1.52. The van der Waals surface area contributed by atoms with Gasteiger partial charge in [0.2, 0.25) is 0 Å². The summed E-state index contributed by atoms with van der Waals surface area (Å²) in [6.07, 6.45) is 13.8. The van der Waals surface area contributed by atoms with Crippen LogP contribution in [-0.2, 0) is 0 Å². The Morgan fingerprint density at radius 2 is 2.17 bits per heavy atom. The number of hydrogen-bond donors (Lipinski definition) is 0. The van der Waals surface area contributed by atoms with Crippen LogP contribution in [0.1, 0.15) is 0 Å². The molecule has 0 aliphatic rings. The molecule has 0 aliphatic heterocycles. The topological polar surface area (TPSA) is 0 Å². The van der Waals surface area contributed by atoms with E-state index < -0.39 is 0 Å². The predicted molar refractivity (Wildman–Crippen MR) is 25.1 cm³/mol. The fourth-order valence-electron chi connectivity index (χ4n) is 0.0898. The van der Waals surface area contributed by atoms with Crippen LogP contribution in [0.15, 0.2) is 12.2 Å². The van der Waals surface area contributed by atoms with Gasteiger partial charge in [0.1, 0.15) is 0 Å². The van der Waals surface area contributed by atoms with Gasteiger partial charge in [0, 0.05) is 0 Å². The van der Waals surface area contributed by atoms with Crippen LogP contribution in [0.25, 0.3) is 0 Å². The van der Waals surface area contributed by atoms with Crippen LogP contribution < -0.4 is 0 Å². The second kappa shape index (κ2) is 3.86. The fraction of sp³-hybridized carbons (Fsp3) is 0. The van der Waals surface area contributed by atoms with Gasteiger partial charge in [-0.3, -0.25) is 0 Å². The van der Waals surface area contributed by atoms with E-state index >= 15 is 0 Å². The Kier molecular flexibility index (Phi) is 3.13. The Morgan fingerprint density at radius 3 is 2.33 bits per heavy atom. The van der Waals surface area contributed by atoms with Gasteiger partial charge in [-0.05, 0) is 18.6 Å². The van der Waals surface area contributed by atoms with Crippen LogP contribution in [0.3, 0.4) is 0 Å². The molecule has 0 nitrogen and oxygen atoms in total. The highest BCUT2D eigenvalue weighted by Crippen LogP contribution is 1.59. The molecule has 27 valence electrons. The van der Waals surface area contributed by atoms with Crippen LogP contribution in [0.4, 0.5) is 0 Å². The quantitative estimate of drug-likeness (QED) is 0.373. The van der Waals surface area contributed by atoms with E-state index in [2.05, 4.69) is 5.92 Å². The minimum atomic E-state index is 1.36. The summed E-state index contributed by atoms with van der Waals surface area (Å²) in [5.41, 5.74) is 0. The maximum atomic E-state index is 6.27. The van der Waals surface area contributed by atoms with Crippen molar-refractivity contribution in [2.45, 2.75) is 0 Å². The predicted octanol–water partition coefficient (Wildman–Crippen LogP) is 0.766. The van der Waals surface area contributed by atoms with Gasteiger partial charge in [0.05, 0.1) is 0 Å². The normalized spacial score (nSPS) is 7.00. The second-order valence-corrected chi connectivity index (χ2v) is 0.644. The molecule has 0 fully saturated rings. The van der Waals surface area contributed by atoms with E-state index in [0.717, 1.165) is 0 Å². The van der Waals surface area contributed by atoms with Crippen LogP contribution in [0, 0.1) is 24.7 Å². The Bertz CT molecular complexity index is 100.0. The average Bonchev–Trinajstić information content (AvgIpc) is 1.61. The Balaban J connectivity index is 3.36. The zero-order valence-electron chi connectivity index (χ0n) is 3.23. The van der Waals surface area contributed by atoms with E-state index in [1.165, 1.54) is 12.2 Å². The van der Waals surface area contributed by atoms with Gasteiger partial charge >= 0.3 is 0 Å². The van der Waals surface area contributed by atoms with Crippen molar-refractivity contribution < 1.29 is 0 Å². The van der Waals surface area contributed by atoms with Crippen molar-refractivity contribution in [3.8, 4) is 18.3 Å². The molecule has 1 radical (unpaired) electrons. The summed E-state index contributed by atoms with van der Waals surface area (Å²) in [5, 5.41) is 0. The number of terminal acetylenes is 1. The SMILES string of the molecule is [C]#C/C=C/C#C. The number of allylic oxidation sites excluding steroid dienone is 2. The van der Waals surface area contributed by atoms with Gasteiger partial charge in [-0.1, -0.05) is 11.8 Å². The first kappa shape index (κ1) is 4.86. The highest BCUT2D eigenvalue weighted by Gasteiger charge is 1.47. The van der Waals surface area contributed by atoms with Gasteiger partial charge in [0.15, 0.2) is 0 Å². The van der Waals surface area contributed by atoms with Crippen LogP contribution in [-0.4, -0.2) is 0 Å². The highest BCUT2D eigenvalue weighted by atomic mass is 13.5. The summed E-state index contributed by atoms with van der Waals surface area (Å²) in [6, 6.07) is 0. The first-order valence-electron chi connectivity index (χ1n) is 1.45. The maximum Gasteiger partial charge on any atom is -0.00250 e. The van der Waals surface area contributed by atoms with Gasteiger partial charge < -0.3 is 0 Å². The molecule has 0 unspecified atom stereocenters. The standard InChI is InChI=1S/C6H3/c1-3-5-6-4-2/h1,5-6H/b6-5+. The molecular formula is C6H3. The molecule has 0 spiro atoms. The Labute approximate surface area is 37.9 Å². The van der Waals surface area contributed by atoms with E-state index in [0.29, 0.717) is 0 Å². The van der Waals surface area contributed by atoms with Crippen molar-refractivity contribution in [1.29, 1.82) is 0 Å². The Hall–Kier alpha value is -1.14. The van der Waals surface area contributed by atoms with Crippen LogP contribution in [0.5, 0.6) is 0 Å². The largest absolute Gasteiger partial charge is 0.115 e. The van der Waals surface area contributed by atoms with Crippen LogP contribution >= 0.6 is 0 Å². The lowest BCUT2D eigenvalue weighted by atomic mass is 10.5. The lowest BCUT2D eigenvalue weighted by molar-refractivity contribution is 2.14. The molecule has 0 aromatic heterocycles. The number of rotatable bonds is 0. The Morgan fingerprint density at radius 1 is 1.50 bits per heavy atom. The monoisotopic (exact) mass is 75.0 g/mol. The van der Waals surface area contributed by atoms with Gasteiger partial charge in [-0.15, -0.1) is 6.42 Å². The number of hydrogen-bond acceptors (Lipinski definition) is 0. The summed E-state index contributed by atoms with van der Waals surface area (Å²) in [7, 11) is 0. The van der Waals surface area contributed by atoms with Crippen molar-refractivity contribution >= 4 is 0 Å². The summed E-state index contributed by atoms with van der Waals surface area (Å²) in [5.74, 6) is 4.20. The van der Waals surface area contributed by atoms with Crippen LogP contribution in [0.2, 0.25) is 0 Å². The van der Waals surface area contributed by atoms with Crippen molar-refractivity contribution in [2.75, 3.05) is 0 Å². The molecule has 0 aliphatic carbocycles. The summed E-state index contributed by atoms with van der Waals surface area (Å²) >= 11 is 0. The molecule has 0 saturated heterocycles. The second-order valence-electron chi connectivity index (χ2n) is 0.644. The minimum Gasteiger partial charge on any atom is -0.115 e. The summed E-state index contributed by atoms with van der Waals surface area (Å²) < 4.78 is 0. The van der Waals surface area contributed by atoms with E-state index in [1.54, 1.807) is 0 Å². The van der Waals surface area contributed by atoms with E-state index in [9.17, 15) is 0 Å². The third-order valence-electron chi connectivity index (χ3n) is 0.263. The summed E-state index contributed by atoms with van der Waals surface area (Å²) in [4.78, 5) is 0. The van der Waals surface area contributed by atoms with Gasteiger partial charge in [-0.25, -0.2) is 0 Å². The van der Waals surface area contributed by atoms with Crippen molar-refractivity contribution in [3.05, 3.63) is 18.6 Å². The molecule has 0 amide bonds. The zero-order valence-corrected chi connectivity index (χ0v) is 3.23. The smallest absolute Gasteiger partial charge is 0.00250 e. The first-order chi connectivity index (χ1) is 2.91. The van der Waals surface area contributed by atoms with Crippen molar-refractivity contribution in [1.82, 2.24) is 0 Å². The molecule has 6 heavy (non-hydrogen) atoms. The molecular weight excluding hydrogens is 72.1 g/mol. The molecule has 0 heteroatoms. The molecule has 0 aromatic carbocycles. The van der Waals surface area contributed by atoms with Gasteiger partial charge in [-0.2, -0.15) is 0 Å². The highest BCUT2D eigenvalue weighted by molar-refractivity contribution is 5.17. The minimum absolute atomic E-state index is 1.36. The van der Waals surface area contributed by atoms with Crippen molar-refractivity contribution in [2.24, 2.45) is 0 Å². The summed E-state index contributed by atoms with van der Waals surface area (Å²) in [6.45, 7) is 0. The molecule has 0 heterocycles.